The van der Waals surface area contributed by atoms with Crippen molar-refractivity contribution in [2.75, 3.05) is 0 Å². The number of benzene rings is 1. The number of carbonyl (C=O) groups excluding carboxylic acids is 1. The van der Waals surface area contributed by atoms with E-state index < -0.39 is 0 Å². The summed E-state index contributed by atoms with van der Waals surface area (Å²) in [5.74, 6) is 0.658. The number of amides is 1. The van der Waals surface area contributed by atoms with Gasteiger partial charge in [-0.3, -0.25) is 4.79 Å². The fraction of sp³-hybridized carbons (Fsp3) is 0.471. The molecule has 1 amide bonds. The van der Waals surface area contributed by atoms with Gasteiger partial charge in [-0.05, 0) is 43.9 Å². The van der Waals surface area contributed by atoms with Crippen LogP contribution in [0.25, 0.3) is 11.0 Å². The lowest BCUT2D eigenvalue weighted by molar-refractivity contribution is -0.122. The second-order valence-corrected chi connectivity index (χ2v) is 6.13. The summed E-state index contributed by atoms with van der Waals surface area (Å²) < 4.78 is 19.0. The molecule has 4 nitrogen and oxygen atoms in total. The number of aryl methyl sites for hydroxylation is 1. The summed E-state index contributed by atoms with van der Waals surface area (Å²) in [5.41, 5.74) is 7.50. The molecule has 1 aromatic heterocycles. The van der Waals surface area contributed by atoms with Crippen LogP contribution in [-0.2, 0) is 11.3 Å². The third kappa shape index (κ3) is 3.85. The zero-order valence-corrected chi connectivity index (χ0v) is 13.9. The van der Waals surface area contributed by atoms with Crippen molar-refractivity contribution >= 4 is 29.3 Å². The molecule has 0 spiro atoms. The number of rotatable bonds is 4. The van der Waals surface area contributed by atoms with Crippen molar-refractivity contribution in [2.24, 2.45) is 11.7 Å². The minimum atomic E-state index is -0.290. The van der Waals surface area contributed by atoms with E-state index in [1.165, 1.54) is 12.1 Å². The molecule has 6 heteroatoms. The Morgan fingerprint density at radius 1 is 1.43 bits per heavy atom. The number of nitrogens with one attached hydrogen (secondary N) is 1. The van der Waals surface area contributed by atoms with Gasteiger partial charge in [0.25, 0.3) is 0 Å². The van der Waals surface area contributed by atoms with E-state index >= 15 is 0 Å². The van der Waals surface area contributed by atoms with Crippen molar-refractivity contribution in [3.05, 3.63) is 35.3 Å². The third-order valence-electron chi connectivity index (χ3n) is 4.61. The molecule has 1 aliphatic rings. The Morgan fingerprint density at radius 3 is 2.91 bits per heavy atom. The summed E-state index contributed by atoms with van der Waals surface area (Å²) in [6, 6.07) is 4.58. The number of halogens is 2. The molecule has 23 heavy (non-hydrogen) atoms. The Bertz CT molecular complexity index is 701. The first-order valence-electron chi connectivity index (χ1n) is 7.74. The van der Waals surface area contributed by atoms with Crippen molar-refractivity contribution in [1.82, 2.24) is 5.32 Å². The first-order valence-corrected chi connectivity index (χ1v) is 7.74. The van der Waals surface area contributed by atoms with Gasteiger partial charge in [-0.2, -0.15) is 0 Å². The van der Waals surface area contributed by atoms with Crippen LogP contribution in [0.15, 0.2) is 22.6 Å². The van der Waals surface area contributed by atoms with E-state index in [-0.39, 0.29) is 36.1 Å². The smallest absolute Gasteiger partial charge is 0.220 e. The van der Waals surface area contributed by atoms with E-state index in [0.29, 0.717) is 24.3 Å². The molecule has 1 heterocycles. The van der Waals surface area contributed by atoms with Crippen molar-refractivity contribution in [3.63, 3.8) is 0 Å². The number of fused-ring (bicyclic) bond motifs is 1. The molecule has 3 N–H and O–H groups in total. The summed E-state index contributed by atoms with van der Waals surface area (Å²) in [7, 11) is 0. The van der Waals surface area contributed by atoms with Crippen molar-refractivity contribution in [1.29, 1.82) is 0 Å². The van der Waals surface area contributed by atoms with Gasteiger partial charge in [0.2, 0.25) is 5.91 Å². The van der Waals surface area contributed by atoms with Crippen LogP contribution in [-0.4, -0.2) is 11.9 Å². The molecule has 0 unspecified atom stereocenters. The Labute approximate surface area is 141 Å². The average Bonchev–Trinajstić information content (AvgIpc) is 3.02. The second-order valence-electron chi connectivity index (χ2n) is 6.13. The van der Waals surface area contributed by atoms with Crippen LogP contribution < -0.4 is 11.1 Å². The van der Waals surface area contributed by atoms with E-state index in [1.807, 2.05) is 6.92 Å². The Hall–Kier alpha value is -1.59. The molecule has 1 saturated carbocycles. The number of hydrogen-bond donors (Lipinski definition) is 2. The lowest BCUT2D eigenvalue weighted by Gasteiger charge is -2.14. The van der Waals surface area contributed by atoms with Crippen LogP contribution in [0, 0.1) is 18.7 Å². The standard InChI is InChI=1S/C17H21FN2O2.ClH/c1-10-13-8-12(18)5-6-15(13)22-16(10)9-20-17(21)7-11-3-2-4-14(11)19;/h5-6,8,11,14H,2-4,7,9,19H2,1H3,(H,20,21);1H/t11-,14+;/m0./s1. The Kier molecular flexibility index (Phi) is 5.65. The minimum Gasteiger partial charge on any atom is -0.459 e. The van der Waals surface area contributed by atoms with E-state index in [2.05, 4.69) is 5.32 Å². The fourth-order valence-electron chi connectivity index (χ4n) is 3.22. The van der Waals surface area contributed by atoms with Gasteiger partial charge in [-0.15, -0.1) is 12.4 Å². The van der Waals surface area contributed by atoms with E-state index in [1.54, 1.807) is 6.07 Å². The van der Waals surface area contributed by atoms with Gasteiger partial charge in [-0.1, -0.05) is 6.42 Å². The summed E-state index contributed by atoms with van der Waals surface area (Å²) >= 11 is 0. The summed E-state index contributed by atoms with van der Waals surface area (Å²) in [4.78, 5) is 12.0. The van der Waals surface area contributed by atoms with Crippen molar-refractivity contribution in [2.45, 2.75) is 45.2 Å². The van der Waals surface area contributed by atoms with Crippen LogP contribution >= 0.6 is 12.4 Å². The lowest BCUT2D eigenvalue weighted by atomic mass is 10.00. The monoisotopic (exact) mass is 340 g/mol. The van der Waals surface area contributed by atoms with Crippen LogP contribution in [0.4, 0.5) is 4.39 Å². The Balaban J connectivity index is 0.00000192. The topological polar surface area (TPSA) is 68.3 Å². The maximum Gasteiger partial charge on any atom is 0.220 e. The molecule has 126 valence electrons. The molecule has 2 aromatic rings. The molecular weight excluding hydrogens is 319 g/mol. The van der Waals surface area contributed by atoms with Crippen molar-refractivity contribution in [3.8, 4) is 0 Å². The highest BCUT2D eigenvalue weighted by atomic mass is 35.5. The van der Waals surface area contributed by atoms with Crippen molar-refractivity contribution < 1.29 is 13.6 Å². The maximum atomic E-state index is 13.3. The molecule has 0 bridgehead atoms. The number of furan rings is 1. The molecule has 1 aliphatic carbocycles. The van der Waals surface area contributed by atoms with Gasteiger partial charge >= 0.3 is 0 Å². The molecule has 0 aliphatic heterocycles. The molecule has 0 radical (unpaired) electrons. The van der Waals surface area contributed by atoms with Gasteiger partial charge in [0, 0.05) is 23.4 Å². The van der Waals surface area contributed by atoms with Crippen LogP contribution in [0.5, 0.6) is 0 Å². The molecule has 1 fully saturated rings. The fourth-order valence-corrected chi connectivity index (χ4v) is 3.22. The highest BCUT2D eigenvalue weighted by Crippen LogP contribution is 2.27. The Morgan fingerprint density at radius 2 is 2.22 bits per heavy atom. The zero-order chi connectivity index (χ0) is 15.7. The van der Waals surface area contributed by atoms with Gasteiger partial charge in [-0.25, -0.2) is 4.39 Å². The quantitative estimate of drug-likeness (QED) is 0.895. The lowest BCUT2D eigenvalue weighted by Crippen LogP contribution is -2.31. The largest absolute Gasteiger partial charge is 0.459 e. The van der Waals surface area contributed by atoms with Crippen LogP contribution in [0.1, 0.15) is 37.0 Å². The maximum absolute atomic E-state index is 13.3. The third-order valence-corrected chi connectivity index (χ3v) is 4.61. The molecule has 0 saturated heterocycles. The highest BCUT2D eigenvalue weighted by Gasteiger charge is 2.26. The van der Waals surface area contributed by atoms with E-state index in [9.17, 15) is 9.18 Å². The van der Waals surface area contributed by atoms with Gasteiger partial charge in [0.1, 0.15) is 17.2 Å². The number of carbonyl (C=O) groups is 1. The zero-order valence-electron chi connectivity index (χ0n) is 13.1. The minimum absolute atomic E-state index is 0. The van der Waals surface area contributed by atoms with Crippen LogP contribution in [0.2, 0.25) is 0 Å². The summed E-state index contributed by atoms with van der Waals surface area (Å²) in [6.07, 6.45) is 3.60. The second kappa shape index (κ2) is 7.32. The number of hydrogen-bond acceptors (Lipinski definition) is 3. The molecule has 3 rings (SSSR count). The molecule has 1 aromatic carbocycles. The predicted molar refractivity (Wildman–Crippen MR) is 89.9 cm³/mol. The SMILES string of the molecule is Cc1c(CNC(=O)C[C@@H]2CCC[C@H]2N)oc2ccc(F)cc12.Cl. The van der Waals surface area contributed by atoms with E-state index in [0.717, 1.165) is 30.2 Å². The first-order chi connectivity index (χ1) is 10.5. The highest BCUT2D eigenvalue weighted by molar-refractivity contribution is 5.85. The first kappa shape index (κ1) is 17.8. The van der Waals surface area contributed by atoms with Gasteiger partial charge in [0.05, 0.1) is 6.54 Å². The van der Waals surface area contributed by atoms with E-state index in [4.69, 9.17) is 10.2 Å². The van der Waals surface area contributed by atoms with Gasteiger partial charge in [0.15, 0.2) is 0 Å². The number of nitrogens with two attached hydrogens (primary N) is 1. The summed E-state index contributed by atoms with van der Waals surface area (Å²) in [6.45, 7) is 2.20. The predicted octanol–water partition coefficient (Wildman–Crippen LogP) is 3.44. The normalized spacial score (nSPS) is 20.5. The van der Waals surface area contributed by atoms with Gasteiger partial charge < -0.3 is 15.5 Å². The molecular formula is C17H22ClFN2O2. The summed E-state index contributed by atoms with van der Waals surface area (Å²) in [5, 5.41) is 3.63. The molecule has 2 atom stereocenters. The average molecular weight is 341 g/mol. The van der Waals surface area contributed by atoms with Crippen LogP contribution in [0.3, 0.4) is 0 Å².